The molecule has 0 radical (unpaired) electrons. The first kappa shape index (κ1) is 27.1. The van der Waals surface area contributed by atoms with Crippen LogP contribution in [0.4, 0.5) is 0 Å². The van der Waals surface area contributed by atoms with Crippen LogP contribution in [-0.4, -0.2) is 36.0 Å². The van der Waals surface area contributed by atoms with Crippen molar-refractivity contribution in [2.24, 2.45) is 5.73 Å². The molecule has 0 fully saturated rings. The number of unbranched alkanes of at least 4 members (excludes halogenated alkanes) is 11. The minimum atomic E-state index is -4.02. The Morgan fingerprint density at radius 1 is 0.800 bits per heavy atom. The summed E-state index contributed by atoms with van der Waals surface area (Å²) in [6, 6.07) is 0. The van der Waals surface area contributed by atoms with Gasteiger partial charge in [0.25, 0.3) is 10.1 Å². The Hall–Kier alpha value is -0.170. The molecule has 0 rings (SSSR count). The topological polar surface area (TPSA) is 101 Å². The van der Waals surface area contributed by atoms with Gasteiger partial charge in [-0.3, -0.25) is 4.55 Å². The maximum atomic E-state index is 10.5. The third-order valence-electron chi connectivity index (χ3n) is 4.47. The van der Waals surface area contributed by atoms with Crippen molar-refractivity contribution in [2.75, 3.05) is 13.2 Å². The Morgan fingerprint density at radius 2 is 1.16 bits per heavy atom. The smallest absolute Gasteiger partial charge is 0.270 e. The molecule has 0 amide bonds. The van der Waals surface area contributed by atoms with Gasteiger partial charge in [0, 0.05) is 6.61 Å². The summed E-state index contributed by atoms with van der Waals surface area (Å²) in [5, 5.41) is 8.39. The molecule has 0 aromatic carbocycles. The van der Waals surface area contributed by atoms with Crippen molar-refractivity contribution in [1.29, 1.82) is 0 Å². The summed E-state index contributed by atoms with van der Waals surface area (Å²) in [4.78, 5) is 0. The van der Waals surface area contributed by atoms with E-state index >= 15 is 0 Å². The largest absolute Gasteiger partial charge is 0.396 e. The van der Waals surface area contributed by atoms with E-state index in [0.717, 1.165) is 6.54 Å². The lowest BCUT2D eigenvalue weighted by Crippen LogP contribution is -2.32. The van der Waals surface area contributed by atoms with Gasteiger partial charge in [-0.1, -0.05) is 77.6 Å². The van der Waals surface area contributed by atoms with Crippen LogP contribution in [0.3, 0.4) is 0 Å². The number of aliphatic hydroxyl groups excluding tert-OH is 1. The normalized spacial score (nSPS) is 11.9. The molecule has 6 heteroatoms. The van der Waals surface area contributed by atoms with Gasteiger partial charge in [0.1, 0.15) is 0 Å². The van der Waals surface area contributed by atoms with E-state index in [-0.39, 0.29) is 13.0 Å². The molecule has 5 nitrogen and oxygen atoms in total. The number of hydrogen-bond acceptors (Lipinski definition) is 4. The van der Waals surface area contributed by atoms with E-state index in [1.54, 1.807) is 0 Å². The van der Waals surface area contributed by atoms with Crippen molar-refractivity contribution >= 4 is 10.1 Å². The highest BCUT2D eigenvalue weighted by molar-refractivity contribution is 7.87. The second-order valence-corrected chi connectivity index (χ2v) is 9.44. The number of rotatable bonds is 15. The van der Waals surface area contributed by atoms with Crippen molar-refractivity contribution in [2.45, 2.75) is 109 Å². The van der Waals surface area contributed by atoms with Gasteiger partial charge in [0.2, 0.25) is 0 Å². The van der Waals surface area contributed by atoms with Gasteiger partial charge in [0.05, 0.1) is 4.75 Å². The lowest BCUT2D eigenvalue weighted by Gasteiger charge is -2.18. The maximum absolute atomic E-state index is 10.5. The lowest BCUT2D eigenvalue weighted by atomic mass is 10.1. The van der Waals surface area contributed by atoms with Gasteiger partial charge in [-0.25, -0.2) is 0 Å². The van der Waals surface area contributed by atoms with Crippen molar-refractivity contribution in [1.82, 2.24) is 0 Å². The van der Waals surface area contributed by atoms with Gasteiger partial charge < -0.3 is 10.8 Å². The van der Waals surface area contributed by atoms with E-state index in [9.17, 15) is 8.42 Å². The van der Waals surface area contributed by atoms with Gasteiger partial charge in [-0.05, 0) is 33.2 Å². The maximum Gasteiger partial charge on any atom is 0.270 e. The Labute approximate surface area is 156 Å². The summed E-state index contributed by atoms with van der Waals surface area (Å²) >= 11 is 0. The third kappa shape index (κ3) is 18.4. The van der Waals surface area contributed by atoms with Crippen LogP contribution in [0.1, 0.15) is 104 Å². The van der Waals surface area contributed by atoms with E-state index in [1.165, 1.54) is 90.9 Å². The fourth-order valence-electron chi connectivity index (χ4n) is 2.38. The molecule has 0 aliphatic rings. The summed E-state index contributed by atoms with van der Waals surface area (Å²) in [6.07, 6.45) is 16.9. The highest BCUT2D eigenvalue weighted by Crippen LogP contribution is 2.18. The molecule has 0 saturated carbocycles. The van der Waals surface area contributed by atoms with Crippen LogP contribution in [-0.2, 0) is 10.1 Å². The standard InChI is InChI=1S/C14H31N.C5H12O4S/c1-2-3-4-5-6-7-8-9-10-11-12-13-14-15;1-5(2,3-4-6)10(7,8)9/h2-15H2,1H3;6H,3-4H2,1-2H3,(H,7,8,9). The molecular formula is C19H43NO4S. The van der Waals surface area contributed by atoms with E-state index in [4.69, 9.17) is 15.4 Å². The fourth-order valence-corrected chi connectivity index (χ4v) is 2.73. The van der Waals surface area contributed by atoms with E-state index in [2.05, 4.69) is 6.92 Å². The summed E-state index contributed by atoms with van der Waals surface area (Å²) in [5.41, 5.74) is 5.45. The average Bonchev–Trinajstić information content (AvgIpc) is 2.52. The second kappa shape index (κ2) is 17.3. The van der Waals surface area contributed by atoms with Crippen LogP contribution < -0.4 is 5.73 Å². The molecule has 4 N–H and O–H groups in total. The molecule has 0 saturated heterocycles. The van der Waals surface area contributed by atoms with Crippen LogP contribution >= 0.6 is 0 Å². The molecule has 0 spiro atoms. The zero-order valence-electron chi connectivity index (χ0n) is 16.8. The Morgan fingerprint density at radius 3 is 1.40 bits per heavy atom. The minimum Gasteiger partial charge on any atom is -0.396 e. The Kier molecular flexibility index (Phi) is 18.7. The van der Waals surface area contributed by atoms with Crippen molar-refractivity contribution < 1.29 is 18.1 Å². The first-order valence-electron chi connectivity index (χ1n) is 10.0. The van der Waals surface area contributed by atoms with Crippen LogP contribution in [0.25, 0.3) is 0 Å². The first-order chi connectivity index (χ1) is 11.7. The highest BCUT2D eigenvalue weighted by atomic mass is 32.2. The molecule has 0 aliphatic carbocycles. The Bertz CT molecular complexity index is 358. The monoisotopic (exact) mass is 381 g/mol. The molecule has 0 unspecified atom stereocenters. The number of aliphatic hydroxyl groups is 1. The summed E-state index contributed by atoms with van der Waals surface area (Å²) in [6.45, 7) is 5.63. The average molecular weight is 382 g/mol. The fraction of sp³-hybridized carbons (Fsp3) is 1.00. The molecule has 25 heavy (non-hydrogen) atoms. The molecular weight excluding hydrogens is 338 g/mol. The molecule has 0 heterocycles. The predicted octanol–water partition coefficient (Wildman–Crippen LogP) is 4.68. The summed E-state index contributed by atoms with van der Waals surface area (Å²) in [7, 11) is -4.02. The van der Waals surface area contributed by atoms with Gasteiger partial charge in [-0.2, -0.15) is 8.42 Å². The highest BCUT2D eigenvalue weighted by Gasteiger charge is 2.31. The third-order valence-corrected chi connectivity index (χ3v) is 6.07. The zero-order chi connectivity index (χ0) is 19.6. The summed E-state index contributed by atoms with van der Waals surface area (Å²) < 4.78 is 28.3. The zero-order valence-corrected chi connectivity index (χ0v) is 17.6. The minimum absolute atomic E-state index is 0.0475. The molecule has 154 valence electrons. The van der Waals surface area contributed by atoms with Crippen LogP contribution in [0.15, 0.2) is 0 Å². The number of hydrogen-bond donors (Lipinski definition) is 3. The Balaban J connectivity index is 0. The molecule has 0 aromatic heterocycles. The molecule has 0 bridgehead atoms. The first-order valence-corrected chi connectivity index (χ1v) is 11.4. The van der Waals surface area contributed by atoms with E-state index in [0.29, 0.717) is 0 Å². The quantitative estimate of drug-likeness (QED) is 0.282. The van der Waals surface area contributed by atoms with Crippen LogP contribution in [0, 0.1) is 0 Å². The number of nitrogens with two attached hydrogens (primary N) is 1. The molecule has 0 atom stereocenters. The van der Waals surface area contributed by atoms with Crippen LogP contribution in [0.5, 0.6) is 0 Å². The van der Waals surface area contributed by atoms with Gasteiger partial charge in [-0.15, -0.1) is 0 Å². The lowest BCUT2D eigenvalue weighted by molar-refractivity contribution is 0.267. The van der Waals surface area contributed by atoms with Gasteiger partial charge >= 0.3 is 0 Å². The van der Waals surface area contributed by atoms with E-state index in [1.807, 2.05) is 0 Å². The SMILES string of the molecule is CC(C)(CCO)S(=O)(=O)O.CCCCCCCCCCCCCCN. The second-order valence-electron chi connectivity index (χ2n) is 7.39. The van der Waals surface area contributed by atoms with E-state index < -0.39 is 14.9 Å². The predicted molar refractivity (Wildman–Crippen MR) is 107 cm³/mol. The summed E-state index contributed by atoms with van der Waals surface area (Å²) in [5.74, 6) is 0. The van der Waals surface area contributed by atoms with Crippen molar-refractivity contribution in [3.63, 3.8) is 0 Å². The van der Waals surface area contributed by atoms with Crippen molar-refractivity contribution in [3.8, 4) is 0 Å². The molecule has 0 aromatic rings. The van der Waals surface area contributed by atoms with Crippen molar-refractivity contribution in [3.05, 3.63) is 0 Å². The van der Waals surface area contributed by atoms with Crippen LogP contribution in [0.2, 0.25) is 0 Å². The van der Waals surface area contributed by atoms with Gasteiger partial charge in [0.15, 0.2) is 0 Å². The molecule has 0 aliphatic heterocycles.